The van der Waals surface area contributed by atoms with Crippen LogP contribution in [0.3, 0.4) is 0 Å². The molecule has 1 heterocycles. The summed E-state index contributed by atoms with van der Waals surface area (Å²) < 4.78 is 5.01. The fraction of sp³-hybridized carbons (Fsp3) is 0.375. The van der Waals surface area contributed by atoms with Gasteiger partial charge in [-0.3, -0.25) is 0 Å². The van der Waals surface area contributed by atoms with Crippen LogP contribution in [0.15, 0.2) is 16.5 Å². The van der Waals surface area contributed by atoms with Crippen molar-refractivity contribution in [1.82, 2.24) is 0 Å². The van der Waals surface area contributed by atoms with E-state index in [0.29, 0.717) is 11.6 Å². The number of carboxylic acids is 1. The Bertz CT molecular complexity index is 280. The molecule has 1 aromatic rings. The minimum absolute atomic E-state index is 0.0398. The predicted octanol–water partition coefficient (Wildman–Crippen LogP) is 2.32. The molecule has 0 spiro atoms. The number of hydrogen-bond donors (Lipinski definition) is 1. The molecule has 0 saturated heterocycles. The topological polar surface area (TPSA) is 50.4 Å². The van der Waals surface area contributed by atoms with Gasteiger partial charge in [-0.05, 0) is 12.1 Å². The van der Waals surface area contributed by atoms with Gasteiger partial charge in [0, 0.05) is 11.8 Å². The van der Waals surface area contributed by atoms with Gasteiger partial charge >= 0.3 is 5.97 Å². The van der Waals surface area contributed by atoms with Crippen LogP contribution >= 0.6 is 11.6 Å². The minimum Gasteiger partial charge on any atom is -0.475 e. The maximum absolute atomic E-state index is 10.4. The van der Waals surface area contributed by atoms with Gasteiger partial charge in [0.1, 0.15) is 5.76 Å². The molecule has 4 heteroatoms. The van der Waals surface area contributed by atoms with Crippen LogP contribution in [0.1, 0.15) is 29.2 Å². The van der Waals surface area contributed by atoms with Crippen molar-refractivity contribution >= 4 is 17.6 Å². The Kier molecular flexibility index (Phi) is 2.76. The highest BCUT2D eigenvalue weighted by atomic mass is 35.5. The van der Waals surface area contributed by atoms with Crippen LogP contribution in [0, 0.1) is 0 Å². The molecule has 1 unspecified atom stereocenters. The number of rotatable bonds is 3. The van der Waals surface area contributed by atoms with Crippen molar-refractivity contribution in [3.63, 3.8) is 0 Å². The molecule has 1 rings (SSSR count). The van der Waals surface area contributed by atoms with Gasteiger partial charge in [-0.1, -0.05) is 6.92 Å². The summed E-state index contributed by atoms with van der Waals surface area (Å²) in [5.41, 5.74) is 0. The first-order chi connectivity index (χ1) is 5.65. The molecular formula is C8H9ClO3. The van der Waals surface area contributed by atoms with Gasteiger partial charge in [-0.2, -0.15) is 0 Å². The van der Waals surface area contributed by atoms with Crippen molar-refractivity contribution < 1.29 is 14.3 Å². The van der Waals surface area contributed by atoms with Crippen molar-refractivity contribution in [2.24, 2.45) is 0 Å². The van der Waals surface area contributed by atoms with Crippen molar-refractivity contribution in [3.8, 4) is 0 Å². The molecule has 0 radical (unpaired) electrons. The highest BCUT2D eigenvalue weighted by Crippen LogP contribution is 2.19. The van der Waals surface area contributed by atoms with Crippen molar-refractivity contribution in [3.05, 3.63) is 23.7 Å². The molecule has 1 atom stereocenters. The van der Waals surface area contributed by atoms with E-state index in [0.717, 1.165) is 0 Å². The number of hydrogen-bond acceptors (Lipinski definition) is 2. The van der Waals surface area contributed by atoms with E-state index in [9.17, 15) is 4.79 Å². The molecule has 12 heavy (non-hydrogen) atoms. The number of alkyl halides is 1. The van der Waals surface area contributed by atoms with Gasteiger partial charge in [0.25, 0.3) is 0 Å². The van der Waals surface area contributed by atoms with E-state index >= 15 is 0 Å². The molecule has 1 N–H and O–H groups in total. The average molecular weight is 189 g/mol. The van der Waals surface area contributed by atoms with Crippen molar-refractivity contribution in [2.75, 3.05) is 5.88 Å². The number of carboxylic acid groups (broad SMARTS) is 1. The van der Waals surface area contributed by atoms with E-state index < -0.39 is 5.97 Å². The third-order valence-electron chi connectivity index (χ3n) is 1.55. The maximum atomic E-state index is 10.4. The molecule has 0 aromatic carbocycles. The van der Waals surface area contributed by atoms with E-state index in [2.05, 4.69) is 0 Å². The van der Waals surface area contributed by atoms with Gasteiger partial charge in [0.15, 0.2) is 0 Å². The molecule has 0 aliphatic heterocycles. The normalized spacial score (nSPS) is 12.8. The molecule has 66 valence electrons. The van der Waals surface area contributed by atoms with E-state index in [4.69, 9.17) is 21.1 Å². The van der Waals surface area contributed by atoms with Gasteiger partial charge in [0.05, 0.1) is 0 Å². The molecule has 1 aromatic heterocycles. The van der Waals surface area contributed by atoms with Crippen molar-refractivity contribution in [2.45, 2.75) is 12.8 Å². The molecule has 0 aliphatic carbocycles. The summed E-state index contributed by atoms with van der Waals surface area (Å²) in [6.07, 6.45) is 0. The first-order valence-electron chi connectivity index (χ1n) is 3.54. The SMILES string of the molecule is CC(CCl)c1ccc(C(=O)O)o1. The Morgan fingerprint density at radius 2 is 2.42 bits per heavy atom. The summed E-state index contributed by atoms with van der Waals surface area (Å²) in [4.78, 5) is 10.4. The minimum atomic E-state index is -1.05. The Labute approximate surface area is 74.9 Å². The third-order valence-corrected chi connectivity index (χ3v) is 2.02. The monoisotopic (exact) mass is 188 g/mol. The molecule has 3 nitrogen and oxygen atoms in total. The lowest BCUT2D eigenvalue weighted by Gasteiger charge is -2.00. The predicted molar refractivity (Wildman–Crippen MR) is 44.8 cm³/mol. The Hall–Kier alpha value is -0.960. The van der Waals surface area contributed by atoms with Crippen LogP contribution in [-0.4, -0.2) is 17.0 Å². The second-order valence-corrected chi connectivity index (χ2v) is 2.87. The summed E-state index contributed by atoms with van der Waals surface area (Å²) in [5.74, 6) is -0.000743. The summed E-state index contributed by atoms with van der Waals surface area (Å²) in [7, 11) is 0. The summed E-state index contributed by atoms with van der Waals surface area (Å²) in [5, 5.41) is 8.53. The lowest BCUT2D eigenvalue weighted by Crippen LogP contribution is -1.94. The first kappa shape index (κ1) is 9.13. The van der Waals surface area contributed by atoms with Crippen LogP contribution in [0.25, 0.3) is 0 Å². The van der Waals surface area contributed by atoms with Crippen molar-refractivity contribution in [1.29, 1.82) is 0 Å². The zero-order valence-electron chi connectivity index (χ0n) is 6.58. The largest absolute Gasteiger partial charge is 0.475 e. The van der Waals surface area contributed by atoms with E-state index in [1.807, 2.05) is 6.92 Å². The molecule has 0 fully saturated rings. The van der Waals surface area contributed by atoms with Gasteiger partial charge in [-0.25, -0.2) is 4.79 Å². The Morgan fingerprint density at radius 3 is 2.83 bits per heavy atom. The van der Waals surface area contributed by atoms with Gasteiger partial charge in [-0.15, -0.1) is 11.6 Å². The first-order valence-corrected chi connectivity index (χ1v) is 4.07. The fourth-order valence-electron chi connectivity index (χ4n) is 0.809. The summed E-state index contributed by atoms with van der Waals surface area (Å²) >= 11 is 5.57. The van der Waals surface area contributed by atoms with Crippen LogP contribution in [0.5, 0.6) is 0 Å². The second-order valence-electron chi connectivity index (χ2n) is 2.56. The van der Waals surface area contributed by atoms with E-state index in [-0.39, 0.29) is 11.7 Å². The number of aromatic carboxylic acids is 1. The van der Waals surface area contributed by atoms with E-state index in [1.54, 1.807) is 6.07 Å². The maximum Gasteiger partial charge on any atom is 0.371 e. The number of halogens is 1. The quantitative estimate of drug-likeness (QED) is 0.741. The molecule has 0 bridgehead atoms. The highest BCUT2D eigenvalue weighted by molar-refractivity contribution is 6.18. The van der Waals surface area contributed by atoms with Crippen LogP contribution < -0.4 is 0 Å². The average Bonchev–Trinajstić information content (AvgIpc) is 2.51. The smallest absolute Gasteiger partial charge is 0.371 e. The molecule has 0 aliphatic rings. The third kappa shape index (κ3) is 1.80. The second kappa shape index (κ2) is 3.63. The Morgan fingerprint density at radius 1 is 1.75 bits per heavy atom. The fourth-order valence-corrected chi connectivity index (χ4v) is 0.961. The zero-order valence-corrected chi connectivity index (χ0v) is 7.34. The molecule has 0 saturated carbocycles. The molecule has 0 amide bonds. The standard InChI is InChI=1S/C8H9ClO3/c1-5(4-9)6-2-3-7(12-6)8(10)11/h2-3,5H,4H2,1H3,(H,10,11). The number of furan rings is 1. The Balaban J connectivity index is 2.84. The van der Waals surface area contributed by atoms with Crippen LogP contribution in [0.2, 0.25) is 0 Å². The van der Waals surface area contributed by atoms with Crippen LogP contribution in [-0.2, 0) is 0 Å². The lowest BCUT2D eigenvalue weighted by molar-refractivity contribution is 0.0660. The van der Waals surface area contributed by atoms with Gasteiger partial charge in [0.2, 0.25) is 5.76 Å². The zero-order chi connectivity index (χ0) is 9.14. The lowest BCUT2D eigenvalue weighted by atomic mass is 10.2. The van der Waals surface area contributed by atoms with Crippen LogP contribution in [0.4, 0.5) is 0 Å². The molecular weight excluding hydrogens is 180 g/mol. The highest BCUT2D eigenvalue weighted by Gasteiger charge is 2.12. The van der Waals surface area contributed by atoms with E-state index in [1.165, 1.54) is 6.07 Å². The summed E-state index contributed by atoms with van der Waals surface area (Å²) in [6, 6.07) is 3.07. The number of carbonyl (C=O) groups is 1. The summed E-state index contributed by atoms with van der Waals surface area (Å²) in [6.45, 7) is 1.87. The van der Waals surface area contributed by atoms with Gasteiger partial charge < -0.3 is 9.52 Å².